The maximum absolute atomic E-state index is 12.5. The smallest absolute Gasteiger partial charge is 0.270 e. The highest BCUT2D eigenvalue weighted by Crippen LogP contribution is 2.05. The van der Waals surface area contributed by atoms with Gasteiger partial charge >= 0.3 is 0 Å². The molecule has 0 aliphatic carbocycles. The van der Waals surface area contributed by atoms with Crippen LogP contribution in [-0.4, -0.2) is 46.4 Å². The molecule has 1 fully saturated rings. The highest BCUT2D eigenvalue weighted by atomic mass is 16.2. The van der Waals surface area contributed by atoms with E-state index in [0.29, 0.717) is 18.7 Å². The van der Waals surface area contributed by atoms with Gasteiger partial charge in [-0.15, -0.1) is 0 Å². The molecule has 6 heteroatoms. The summed E-state index contributed by atoms with van der Waals surface area (Å²) in [5.74, 6) is -0.230. The van der Waals surface area contributed by atoms with Crippen LogP contribution >= 0.6 is 0 Å². The topological polar surface area (TPSA) is 66.7 Å². The summed E-state index contributed by atoms with van der Waals surface area (Å²) in [4.78, 5) is 31.0. The Morgan fingerprint density at radius 3 is 3.00 bits per heavy atom. The van der Waals surface area contributed by atoms with Crippen molar-refractivity contribution < 1.29 is 4.79 Å². The van der Waals surface area contributed by atoms with Gasteiger partial charge in [0.05, 0.1) is 0 Å². The van der Waals surface area contributed by atoms with E-state index in [-0.39, 0.29) is 17.0 Å². The minimum Gasteiger partial charge on any atom is -0.337 e. The van der Waals surface area contributed by atoms with Crippen LogP contribution in [0.2, 0.25) is 0 Å². The summed E-state index contributed by atoms with van der Waals surface area (Å²) in [7, 11) is 0. The summed E-state index contributed by atoms with van der Waals surface area (Å²) in [6, 6.07) is 3.67. The van der Waals surface area contributed by atoms with Crippen LogP contribution in [0.3, 0.4) is 0 Å². The van der Waals surface area contributed by atoms with E-state index in [1.54, 1.807) is 17.2 Å². The molecule has 0 unspecified atom stereocenters. The van der Waals surface area contributed by atoms with Crippen molar-refractivity contribution in [3.8, 4) is 0 Å². The molecule has 6 nitrogen and oxygen atoms in total. The first-order valence-corrected chi connectivity index (χ1v) is 7.15. The summed E-state index contributed by atoms with van der Waals surface area (Å²) in [5, 5.41) is 3.24. The van der Waals surface area contributed by atoms with Gasteiger partial charge < -0.3 is 10.2 Å². The van der Waals surface area contributed by atoms with E-state index in [2.05, 4.69) is 10.3 Å². The van der Waals surface area contributed by atoms with E-state index in [4.69, 9.17) is 0 Å². The lowest BCUT2D eigenvalue weighted by Crippen LogP contribution is -2.38. The lowest BCUT2D eigenvalue weighted by Gasteiger charge is -2.19. The SMILES string of the molecule is Cc1ccc2ncc(C(=O)N3CCCNCC3)c(=O)n2c1. The molecule has 0 atom stereocenters. The average Bonchev–Trinajstić information content (AvgIpc) is 2.77. The van der Waals surface area contributed by atoms with Crippen LogP contribution in [0.5, 0.6) is 0 Å². The molecule has 0 bridgehead atoms. The number of hydrogen-bond acceptors (Lipinski definition) is 4. The van der Waals surface area contributed by atoms with Gasteiger partial charge in [0.2, 0.25) is 0 Å². The number of nitrogens with one attached hydrogen (secondary N) is 1. The minimum atomic E-state index is -0.300. The number of fused-ring (bicyclic) bond motifs is 1. The number of aromatic nitrogens is 2. The number of pyridine rings is 1. The Labute approximate surface area is 122 Å². The number of nitrogens with zero attached hydrogens (tertiary/aromatic N) is 3. The van der Waals surface area contributed by atoms with Crippen LogP contribution in [0.15, 0.2) is 29.3 Å². The highest BCUT2D eigenvalue weighted by Gasteiger charge is 2.21. The molecule has 3 rings (SSSR count). The van der Waals surface area contributed by atoms with Crippen LogP contribution < -0.4 is 10.9 Å². The summed E-state index contributed by atoms with van der Waals surface area (Å²) in [6.45, 7) is 4.85. The fourth-order valence-corrected chi connectivity index (χ4v) is 2.55. The fraction of sp³-hybridized carbons (Fsp3) is 0.400. The third kappa shape index (κ3) is 2.67. The molecule has 1 aliphatic heterocycles. The molecule has 1 amide bonds. The van der Waals surface area contributed by atoms with Crippen molar-refractivity contribution in [1.82, 2.24) is 19.6 Å². The molecule has 21 heavy (non-hydrogen) atoms. The van der Waals surface area contributed by atoms with E-state index < -0.39 is 0 Å². The first kappa shape index (κ1) is 13.8. The van der Waals surface area contributed by atoms with Crippen molar-refractivity contribution in [2.45, 2.75) is 13.3 Å². The van der Waals surface area contributed by atoms with E-state index in [0.717, 1.165) is 25.1 Å². The molecule has 2 aromatic heterocycles. The van der Waals surface area contributed by atoms with E-state index in [9.17, 15) is 9.59 Å². The Morgan fingerprint density at radius 1 is 1.29 bits per heavy atom. The molecule has 1 saturated heterocycles. The zero-order valence-electron chi connectivity index (χ0n) is 12.0. The molecule has 0 aromatic carbocycles. The maximum atomic E-state index is 12.5. The Morgan fingerprint density at radius 2 is 2.14 bits per heavy atom. The molecule has 3 heterocycles. The van der Waals surface area contributed by atoms with Gasteiger partial charge in [0.25, 0.3) is 11.5 Å². The maximum Gasteiger partial charge on any atom is 0.270 e. The largest absolute Gasteiger partial charge is 0.337 e. The first-order valence-electron chi connectivity index (χ1n) is 7.15. The Kier molecular flexibility index (Phi) is 3.70. The Hall–Kier alpha value is -2.21. The van der Waals surface area contributed by atoms with Crippen molar-refractivity contribution in [3.05, 3.63) is 46.0 Å². The second-order valence-electron chi connectivity index (χ2n) is 5.31. The molecule has 1 aliphatic rings. The van der Waals surface area contributed by atoms with Crippen LogP contribution in [0.4, 0.5) is 0 Å². The van der Waals surface area contributed by atoms with Gasteiger partial charge in [0.15, 0.2) is 0 Å². The van der Waals surface area contributed by atoms with Crippen LogP contribution in [-0.2, 0) is 0 Å². The first-order chi connectivity index (χ1) is 10.2. The Bertz CT molecular complexity index is 730. The van der Waals surface area contributed by atoms with E-state index in [1.165, 1.54) is 10.6 Å². The van der Waals surface area contributed by atoms with Gasteiger partial charge in [0.1, 0.15) is 11.2 Å². The van der Waals surface area contributed by atoms with Gasteiger partial charge in [-0.3, -0.25) is 14.0 Å². The van der Waals surface area contributed by atoms with Gasteiger partial charge in [-0.2, -0.15) is 0 Å². The molecule has 0 saturated carbocycles. The normalized spacial score (nSPS) is 16.0. The zero-order valence-corrected chi connectivity index (χ0v) is 12.0. The van der Waals surface area contributed by atoms with Gasteiger partial charge in [-0.05, 0) is 31.5 Å². The van der Waals surface area contributed by atoms with Gasteiger partial charge in [-0.1, -0.05) is 6.07 Å². The van der Waals surface area contributed by atoms with Crippen LogP contribution in [0.1, 0.15) is 22.3 Å². The van der Waals surface area contributed by atoms with Crippen molar-refractivity contribution in [2.75, 3.05) is 26.2 Å². The highest BCUT2D eigenvalue weighted by molar-refractivity contribution is 5.93. The molecule has 110 valence electrons. The molecule has 2 aromatic rings. The number of aryl methyl sites for hydroxylation is 1. The predicted octanol–water partition coefficient (Wildman–Crippen LogP) is 0.438. The second kappa shape index (κ2) is 5.65. The monoisotopic (exact) mass is 286 g/mol. The van der Waals surface area contributed by atoms with E-state index >= 15 is 0 Å². The molecule has 0 radical (unpaired) electrons. The van der Waals surface area contributed by atoms with Crippen molar-refractivity contribution in [3.63, 3.8) is 0 Å². The summed E-state index contributed by atoms with van der Waals surface area (Å²) >= 11 is 0. The van der Waals surface area contributed by atoms with Crippen molar-refractivity contribution in [2.24, 2.45) is 0 Å². The number of carbonyl (C=O) groups is 1. The number of hydrogen-bond donors (Lipinski definition) is 1. The molecular weight excluding hydrogens is 268 g/mol. The standard InChI is InChI=1S/C15H18N4O2/c1-11-3-4-13-17-9-12(15(21)19(13)10-11)14(20)18-7-2-5-16-6-8-18/h3-4,9-10,16H,2,5-8H2,1H3. The summed E-state index contributed by atoms with van der Waals surface area (Å²) < 4.78 is 1.44. The van der Waals surface area contributed by atoms with Crippen molar-refractivity contribution in [1.29, 1.82) is 0 Å². The third-order valence-electron chi connectivity index (χ3n) is 3.71. The van der Waals surface area contributed by atoms with E-state index in [1.807, 2.05) is 13.0 Å². The summed E-state index contributed by atoms with van der Waals surface area (Å²) in [5.41, 5.74) is 1.35. The summed E-state index contributed by atoms with van der Waals surface area (Å²) in [6.07, 6.45) is 4.01. The lowest BCUT2D eigenvalue weighted by molar-refractivity contribution is 0.0764. The van der Waals surface area contributed by atoms with Gasteiger partial charge in [0, 0.05) is 32.0 Å². The molecular formula is C15H18N4O2. The number of amides is 1. The predicted molar refractivity (Wildman–Crippen MR) is 79.6 cm³/mol. The Balaban J connectivity index is 2.01. The molecule has 1 N–H and O–H groups in total. The second-order valence-corrected chi connectivity index (χ2v) is 5.31. The quantitative estimate of drug-likeness (QED) is 0.826. The number of carbonyl (C=O) groups excluding carboxylic acids is 1. The van der Waals surface area contributed by atoms with Crippen molar-refractivity contribution >= 4 is 11.6 Å². The lowest BCUT2D eigenvalue weighted by atomic mass is 10.2. The van der Waals surface area contributed by atoms with Gasteiger partial charge in [-0.25, -0.2) is 4.98 Å². The minimum absolute atomic E-state index is 0.139. The van der Waals surface area contributed by atoms with Crippen LogP contribution in [0, 0.1) is 6.92 Å². The number of rotatable bonds is 1. The third-order valence-corrected chi connectivity index (χ3v) is 3.71. The average molecular weight is 286 g/mol. The zero-order chi connectivity index (χ0) is 14.8. The van der Waals surface area contributed by atoms with Crippen LogP contribution in [0.25, 0.3) is 5.65 Å². The fourth-order valence-electron chi connectivity index (χ4n) is 2.55. The molecule has 0 spiro atoms.